The minimum Gasteiger partial charge on any atom is -0.377 e. The highest BCUT2D eigenvalue weighted by Crippen LogP contribution is 2.31. The number of amides is 1. The Morgan fingerprint density at radius 1 is 1.00 bits per heavy atom. The normalized spacial score (nSPS) is 17.0. The summed E-state index contributed by atoms with van der Waals surface area (Å²) in [5.74, 6) is -0.259. The van der Waals surface area contributed by atoms with Gasteiger partial charge in [0, 0.05) is 56.9 Å². The zero-order chi connectivity index (χ0) is 23.0. The zero-order valence-electron chi connectivity index (χ0n) is 19.0. The van der Waals surface area contributed by atoms with Crippen LogP contribution in [-0.4, -0.2) is 65.9 Å². The monoisotopic (exact) mass is 451 g/mol. The highest BCUT2D eigenvalue weighted by molar-refractivity contribution is 5.95. The number of piperazine rings is 1. The highest BCUT2D eigenvalue weighted by atomic mass is 16.6. The molecule has 1 saturated carbocycles. The molecule has 1 amide bonds. The molecule has 176 valence electrons. The number of unbranched alkanes of at least 4 members (excludes halogenated alkanes) is 1. The predicted octanol–water partition coefficient (Wildman–Crippen LogP) is 3.50. The molecule has 0 unspecified atom stereocenters. The molecule has 0 radical (unpaired) electrons. The molecule has 4 rings (SSSR count). The molecule has 2 aliphatic rings. The van der Waals surface area contributed by atoms with Gasteiger partial charge in [-0.25, -0.2) is 0 Å². The topological polar surface area (TPSA) is 90.8 Å². The van der Waals surface area contributed by atoms with Crippen LogP contribution in [-0.2, 0) is 6.54 Å². The Hall–Kier alpha value is -2.97. The van der Waals surface area contributed by atoms with E-state index in [1.807, 2.05) is 0 Å². The van der Waals surface area contributed by atoms with E-state index in [-0.39, 0.29) is 11.6 Å². The van der Waals surface area contributed by atoms with Crippen LogP contribution in [0.2, 0.25) is 0 Å². The molecule has 0 aromatic heterocycles. The smallest absolute Gasteiger partial charge is 0.293 e. The third-order valence-electron chi connectivity index (χ3n) is 6.29. The van der Waals surface area contributed by atoms with E-state index in [1.54, 1.807) is 12.1 Å². The van der Waals surface area contributed by atoms with Gasteiger partial charge >= 0.3 is 0 Å². The predicted molar refractivity (Wildman–Crippen MR) is 129 cm³/mol. The van der Waals surface area contributed by atoms with E-state index in [0.717, 1.165) is 65.0 Å². The van der Waals surface area contributed by atoms with Crippen LogP contribution in [0.1, 0.15) is 41.6 Å². The van der Waals surface area contributed by atoms with E-state index >= 15 is 0 Å². The molecule has 1 aliphatic carbocycles. The number of nitrogens with zero attached hydrogens (tertiary/aromatic N) is 3. The summed E-state index contributed by atoms with van der Waals surface area (Å²) in [5.41, 5.74) is 2.14. The van der Waals surface area contributed by atoms with Crippen LogP contribution in [0.15, 0.2) is 48.5 Å². The SMILES string of the molecule is O=C(NCCCCN1CCN(Cc2ccccc2)CC1)c1ccc(NC2CC2)c([N+](=O)[O-])c1. The number of hydrogen-bond donors (Lipinski definition) is 2. The van der Waals surface area contributed by atoms with Crippen molar-refractivity contribution in [2.75, 3.05) is 44.6 Å². The van der Waals surface area contributed by atoms with Crippen LogP contribution in [0.25, 0.3) is 0 Å². The first-order chi connectivity index (χ1) is 16.1. The number of nitro groups is 1. The standard InChI is InChI=1S/C25H33N5O3/c31-25(21-8-11-23(27-22-9-10-22)24(18-21)30(32)33)26-12-4-5-13-28-14-16-29(17-15-28)19-20-6-2-1-3-7-20/h1-3,6-8,11,18,22,27H,4-5,9-10,12-17,19H2,(H,26,31). The molecular formula is C25H33N5O3. The van der Waals surface area contributed by atoms with E-state index in [1.165, 1.54) is 11.6 Å². The van der Waals surface area contributed by atoms with Crippen molar-refractivity contribution in [2.45, 2.75) is 38.3 Å². The van der Waals surface area contributed by atoms with E-state index in [0.29, 0.717) is 23.8 Å². The molecule has 1 aliphatic heterocycles. The summed E-state index contributed by atoms with van der Waals surface area (Å²) < 4.78 is 0. The van der Waals surface area contributed by atoms with Crippen molar-refractivity contribution < 1.29 is 9.72 Å². The van der Waals surface area contributed by atoms with Crippen LogP contribution in [0.3, 0.4) is 0 Å². The van der Waals surface area contributed by atoms with Crippen molar-refractivity contribution in [3.8, 4) is 0 Å². The maximum absolute atomic E-state index is 12.4. The number of carbonyl (C=O) groups is 1. The highest BCUT2D eigenvalue weighted by Gasteiger charge is 2.25. The van der Waals surface area contributed by atoms with Gasteiger partial charge in [-0.1, -0.05) is 30.3 Å². The first-order valence-corrected chi connectivity index (χ1v) is 11.9. The Morgan fingerprint density at radius 3 is 2.42 bits per heavy atom. The maximum atomic E-state index is 12.4. The van der Waals surface area contributed by atoms with Crippen molar-refractivity contribution in [1.29, 1.82) is 0 Å². The number of carbonyl (C=O) groups excluding carboxylic acids is 1. The molecule has 8 nitrogen and oxygen atoms in total. The van der Waals surface area contributed by atoms with Gasteiger partial charge < -0.3 is 15.5 Å². The van der Waals surface area contributed by atoms with Crippen molar-refractivity contribution in [2.24, 2.45) is 0 Å². The first-order valence-electron chi connectivity index (χ1n) is 11.9. The number of benzene rings is 2. The van der Waals surface area contributed by atoms with Gasteiger partial charge in [0.05, 0.1) is 4.92 Å². The summed E-state index contributed by atoms with van der Waals surface area (Å²) in [5, 5.41) is 17.4. The van der Waals surface area contributed by atoms with Gasteiger partial charge in [0.2, 0.25) is 0 Å². The van der Waals surface area contributed by atoms with Gasteiger partial charge in [-0.3, -0.25) is 19.8 Å². The lowest BCUT2D eigenvalue weighted by molar-refractivity contribution is -0.384. The van der Waals surface area contributed by atoms with Gasteiger partial charge in [-0.2, -0.15) is 0 Å². The Bertz CT molecular complexity index is 940. The van der Waals surface area contributed by atoms with Crippen LogP contribution in [0.4, 0.5) is 11.4 Å². The molecule has 0 atom stereocenters. The zero-order valence-corrected chi connectivity index (χ0v) is 19.0. The van der Waals surface area contributed by atoms with E-state index < -0.39 is 4.92 Å². The van der Waals surface area contributed by atoms with E-state index in [4.69, 9.17) is 0 Å². The number of nitro benzene ring substituents is 1. The van der Waals surface area contributed by atoms with Gasteiger partial charge in [0.15, 0.2) is 0 Å². The van der Waals surface area contributed by atoms with E-state index in [9.17, 15) is 14.9 Å². The molecule has 2 N–H and O–H groups in total. The van der Waals surface area contributed by atoms with E-state index in [2.05, 4.69) is 50.8 Å². The van der Waals surface area contributed by atoms with Crippen molar-refractivity contribution in [3.63, 3.8) is 0 Å². The molecule has 1 saturated heterocycles. The number of hydrogen-bond acceptors (Lipinski definition) is 6. The lowest BCUT2D eigenvalue weighted by Gasteiger charge is -2.34. The van der Waals surface area contributed by atoms with Crippen molar-refractivity contribution in [3.05, 3.63) is 69.8 Å². The summed E-state index contributed by atoms with van der Waals surface area (Å²) in [4.78, 5) is 28.4. The van der Waals surface area contributed by atoms with Crippen LogP contribution < -0.4 is 10.6 Å². The van der Waals surface area contributed by atoms with Gasteiger partial charge in [0.1, 0.15) is 5.69 Å². The Morgan fingerprint density at radius 2 is 1.73 bits per heavy atom. The third kappa shape index (κ3) is 7.00. The van der Waals surface area contributed by atoms with Crippen LogP contribution in [0.5, 0.6) is 0 Å². The summed E-state index contributed by atoms with van der Waals surface area (Å²) in [6.07, 6.45) is 3.97. The number of anilines is 1. The van der Waals surface area contributed by atoms with Gasteiger partial charge in [-0.05, 0) is 49.9 Å². The molecule has 0 bridgehead atoms. The molecule has 1 heterocycles. The molecule has 2 aromatic rings. The second kappa shape index (κ2) is 11.2. The third-order valence-corrected chi connectivity index (χ3v) is 6.29. The summed E-state index contributed by atoms with van der Waals surface area (Å²) >= 11 is 0. The molecule has 33 heavy (non-hydrogen) atoms. The average Bonchev–Trinajstić information content (AvgIpc) is 3.64. The first kappa shape index (κ1) is 23.2. The summed E-state index contributed by atoms with van der Waals surface area (Å²) in [7, 11) is 0. The summed E-state index contributed by atoms with van der Waals surface area (Å²) in [6, 6.07) is 15.6. The number of rotatable bonds is 11. The lowest BCUT2D eigenvalue weighted by Crippen LogP contribution is -2.46. The van der Waals surface area contributed by atoms with Gasteiger partial charge in [-0.15, -0.1) is 0 Å². The van der Waals surface area contributed by atoms with Gasteiger partial charge in [0.25, 0.3) is 11.6 Å². The largest absolute Gasteiger partial charge is 0.377 e. The molecule has 8 heteroatoms. The summed E-state index contributed by atoms with van der Waals surface area (Å²) in [6.45, 7) is 6.92. The Balaban J connectivity index is 1.13. The minimum absolute atomic E-state index is 0.0408. The molecule has 2 aromatic carbocycles. The Labute approximate surface area is 195 Å². The molecular weight excluding hydrogens is 418 g/mol. The minimum atomic E-state index is -0.429. The average molecular weight is 452 g/mol. The fourth-order valence-electron chi connectivity index (χ4n) is 4.17. The quantitative estimate of drug-likeness (QED) is 0.309. The fraction of sp³-hybridized carbons (Fsp3) is 0.480. The second-order valence-corrected chi connectivity index (χ2v) is 8.97. The van der Waals surface area contributed by atoms with Crippen LogP contribution in [0, 0.1) is 10.1 Å². The Kier molecular flexibility index (Phi) is 7.91. The van der Waals surface area contributed by atoms with Crippen molar-refractivity contribution in [1.82, 2.24) is 15.1 Å². The maximum Gasteiger partial charge on any atom is 0.293 e. The molecule has 2 fully saturated rings. The number of nitrogens with one attached hydrogen (secondary N) is 2. The fourth-order valence-corrected chi connectivity index (χ4v) is 4.17. The lowest BCUT2D eigenvalue weighted by atomic mass is 10.1. The second-order valence-electron chi connectivity index (χ2n) is 8.97. The van der Waals surface area contributed by atoms with Crippen molar-refractivity contribution >= 4 is 17.3 Å². The molecule has 0 spiro atoms. The van der Waals surface area contributed by atoms with Crippen LogP contribution >= 0.6 is 0 Å².